The Morgan fingerprint density at radius 1 is 0.605 bits per heavy atom. The van der Waals surface area contributed by atoms with Crippen molar-refractivity contribution in [3.63, 3.8) is 0 Å². The van der Waals surface area contributed by atoms with E-state index in [0.717, 1.165) is 98.2 Å². The molecule has 4 aromatic heterocycles. The molecule has 5 aromatic carbocycles. The van der Waals surface area contributed by atoms with Crippen LogP contribution in [0.25, 0.3) is 21.1 Å². The predicted molar refractivity (Wildman–Crippen MR) is 339 cm³/mol. The Bertz CT molecular complexity index is 3490. The molecule has 2 amide bonds. The van der Waals surface area contributed by atoms with Gasteiger partial charge in [0.1, 0.15) is 53.9 Å². The van der Waals surface area contributed by atoms with Gasteiger partial charge >= 0.3 is 12.1 Å². The number of carboxylic acid groups (broad SMARTS) is 1. The second-order valence-electron chi connectivity index (χ2n) is 20.5. The smallest absolute Gasteiger partial charge is 0.416 e. The van der Waals surface area contributed by atoms with Gasteiger partial charge in [-0.2, -0.15) is 0 Å². The summed E-state index contributed by atoms with van der Waals surface area (Å²) in [7, 11) is 0. The molecule has 0 radical (unpaired) electrons. The Morgan fingerprint density at radius 2 is 1.05 bits per heavy atom. The molecular formula is C68H79N7O9S2. The van der Waals surface area contributed by atoms with Crippen LogP contribution >= 0.6 is 22.7 Å². The maximum atomic E-state index is 13.6. The largest absolute Gasteiger partial charge is 0.488 e. The van der Waals surface area contributed by atoms with Gasteiger partial charge in [-0.05, 0) is 98.5 Å². The Labute approximate surface area is 513 Å². The minimum Gasteiger partial charge on any atom is -0.488 e. The number of rotatable bonds is 26. The molecule has 16 nitrogen and oxygen atoms in total. The molecule has 0 aliphatic carbocycles. The Morgan fingerprint density at radius 3 is 1.45 bits per heavy atom. The van der Waals surface area contributed by atoms with E-state index in [9.17, 15) is 19.5 Å². The molecule has 86 heavy (non-hydrogen) atoms. The average molecular weight is 1200 g/mol. The van der Waals surface area contributed by atoms with Crippen LogP contribution in [0.4, 0.5) is 4.79 Å². The third kappa shape index (κ3) is 17.2. The molecule has 0 bridgehead atoms. The maximum absolute atomic E-state index is 13.6. The van der Waals surface area contributed by atoms with E-state index in [1.165, 1.54) is 28.6 Å². The van der Waals surface area contributed by atoms with Crippen molar-refractivity contribution in [1.29, 1.82) is 0 Å². The lowest BCUT2D eigenvalue weighted by Gasteiger charge is -2.22. The van der Waals surface area contributed by atoms with Gasteiger partial charge in [0, 0.05) is 54.6 Å². The topological polar surface area (TPSA) is 187 Å². The molecule has 0 spiro atoms. The summed E-state index contributed by atoms with van der Waals surface area (Å²) in [5.41, 5.74) is 10.7. The van der Waals surface area contributed by atoms with Crippen molar-refractivity contribution < 1.29 is 42.7 Å². The number of carboxylic acids is 1. The molecule has 3 atom stereocenters. The van der Waals surface area contributed by atoms with Crippen molar-refractivity contribution in [2.24, 2.45) is 0 Å². The average Bonchev–Trinajstić information content (AvgIpc) is 4.58. The molecule has 0 unspecified atom stereocenters. The van der Waals surface area contributed by atoms with Gasteiger partial charge in [-0.25, -0.2) is 19.7 Å². The van der Waals surface area contributed by atoms with E-state index in [-0.39, 0.29) is 52.2 Å². The fourth-order valence-corrected chi connectivity index (χ4v) is 12.0. The van der Waals surface area contributed by atoms with Crippen LogP contribution in [0, 0.1) is 13.8 Å². The predicted octanol–water partition coefficient (Wildman–Crippen LogP) is 15.0. The third-order valence-corrected chi connectivity index (χ3v) is 17.4. The summed E-state index contributed by atoms with van der Waals surface area (Å²) in [4.78, 5) is 55.4. The van der Waals surface area contributed by atoms with Crippen molar-refractivity contribution in [3.05, 3.63) is 212 Å². The molecule has 9 aromatic rings. The number of aliphatic carboxylic acids is 1. The highest BCUT2D eigenvalue weighted by Crippen LogP contribution is 2.35. The molecule has 18 heteroatoms. The lowest BCUT2D eigenvalue weighted by Crippen LogP contribution is -2.40. The maximum Gasteiger partial charge on any atom is 0.416 e. The van der Waals surface area contributed by atoms with Gasteiger partial charge in [-0.1, -0.05) is 156 Å². The normalized spacial score (nSPS) is 13.5. The number of aromatic nitrogens is 4. The van der Waals surface area contributed by atoms with Gasteiger partial charge in [0.15, 0.2) is 0 Å². The third-order valence-electron chi connectivity index (χ3n) is 15.0. The standard InChI is InChI=1S/C38H40N4O5S.C28H31N3O4S.2CH4/c1-4-41(5-2)23-28-11-13-30(14-12-28)37-39-26(3)35(48-37)25-45-32-17-15-29(16-18-32)33(34-19-20-47-40-34)22-36(43)42-31(24-46-38(42)44)21-27-9-7-6-8-10-27;1-4-31(5-2)17-20-6-8-22(9-7-20)28-29-19(3)26(36-28)18-34-23-12-10-21(11-13-23)24(16-27(32)33)25-14-15-35-30-25;;/h6-20,31,33H,4-5,21-25H2,1-3H3;6-15,24H,4-5,16-18H2,1-3H3,(H,32,33);2*1H4/t31-,33-;24-;;/m00../s1. The number of hydrogen-bond acceptors (Lipinski definition) is 16. The number of nitrogens with zero attached hydrogens (tertiary/aromatic N) is 7. The van der Waals surface area contributed by atoms with E-state index in [1.807, 2.05) is 92.7 Å². The number of thiazole rings is 2. The monoisotopic (exact) mass is 1200 g/mol. The summed E-state index contributed by atoms with van der Waals surface area (Å²) in [6.07, 6.45) is 2.83. The fraction of sp³-hybridized carbons (Fsp3) is 0.338. The summed E-state index contributed by atoms with van der Waals surface area (Å²) in [5.74, 6) is -0.589. The van der Waals surface area contributed by atoms with Crippen LogP contribution in [-0.2, 0) is 47.1 Å². The Balaban J connectivity index is 0.000000250. The van der Waals surface area contributed by atoms with Gasteiger partial charge in [0.2, 0.25) is 5.91 Å². The number of ether oxygens (including phenoxy) is 3. The highest BCUT2D eigenvalue weighted by Gasteiger charge is 2.39. The molecule has 0 saturated carbocycles. The minimum atomic E-state index is -0.890. The van der Waals surface area contributed by atoms with Crippen LogP contribution < -0.4 is 9.47 Å². The fourth-order valence-electron chi connectivity index (χ4n) is 10.0. The second-order valence-corrected chi connectivity index (χ2v) is 22.7. The van der Waals surface area contributed by atoms with E-state index in [0.29, 0.717) is 42.5 Å². The summed E-state index contributed by atoms with van der Waals surface area (Å²) in [6.45, 7) is 19.8. The molecule has 5 heterocycles. The number of imide groups is 1. The highest BCUT2D eigenvalue weighted by molar-refractivity contribution is 7.15. The van der Waals surface area contributed by atoms with Crippen LogP contribution in [-0.4, -0.2) is 96.9 Å². The van der Waals surface area contributed by atoms with Crippen molar-refractivity contribution in [1.82, 2.24) is 35.0 Å². The zero-order valence-corrected chi connectivity index (χ0v) is 49.9. The minimum absolute atomic E-state index is 0. The van der Waals surface area contributed by atoms with E-state index < -0.39 is 18.0 Å². The van der Waals surface area contributed by atoms with Crippen molar-refractivity contribution in [2.75, 3.05) is 32.8 Å². The van der Waals surface area contributed by atoms with Gasteiger partial charge in [0.25, 0.3) is 0 Å². The first-order valence-corrected chi connectivity index (χ1v) is 30.1. The molecular weight excluding hydrogens is 1120 g/mol. The Hall–Kier alpha value is -8.29. The molecule has 1 saturated heterocycles. The van der Waals surface area contributed by atoms with E-state index in [2.05, 4.69) is 96.3 Å². The number of hydrogen-bond donors (Lipinski definition) is 1. The van der Waals surface area contributed by atoms with Gasteiger partial charge in [-0.3, -0.25) is 19.4 Å². The van der Waals surface area contributed by atoms with Crippen molar-refractivity contribution >= 4 is 40.6 Å². The molecule has 1 aliphatic heterocycles. The Kier molecular flexibility index (Phi) is 24.1. The second kappa shape index (κ2) is 31.7. The number of carbonyl (C=O) groups excluding carboxylic acids is 2. The van der Waals surface area contributed by atoms with E-state index in [1.54, 1.807) is 34.8 Å². The quantitative estimate of drug-likeness (QED) is 0.0539. The first kappa shape index (κ1) is 65.3. The lowest BCUT2D eigenvalue weighted by molar-refractivity contribution is -0.137. The number of cyclic esters (lactones) is 1. The SMILES string of the molecule is C.C.CCN(CC)Cc1ccc(-c2nc(C)c(COc3ccc([C@H](CC(=O)N4C(=O)OC[C@@H]4Cc4ccccc4)c4ccon4)cc3)s2)cc1.CCN(CC)Cc1ccc(-c2nc(C)c(COc3ccc([C@H](CC(=O)O)c4ccon4)cc3)s2)cc1. The first-order valence-electron chi connectivity index (χ1n) is 28.4. The zero-order valence-electron chi connectivity index (χ0n) is 48.3. The van der Waals surface area contributed by atoms with E-state index in [4.69, 9.17) is 33.2 Å². The molecule has 1 fully saturated rings. The summed E-state index contributed by atoms with van der Waals surface area (Å²) >= 11 is 3.28. The zero-order chi connectivity index (χ0) is 59.0. The number of benzene rings is 5. The number of carbonyl (C=O) groups is 3. The molecule has 1 aliphatic rings. The highest BCUT2D eigenvalue weighted by atomic mass is 32.1. The van der Waals surface area contributed by atoms with Crippen molar-refractivity contribution in [2.45, 2.75) is 120 Å². The van der Waals surface area contributed by atoms with Crippen LogP contribution in [0.2, 0.25) is 0 Å². The van der Waals surface area contributed by atoms with Gasteiger partial charge in [-0.15, -0.1) is 22.7 Å². The lowest BCUT2D eigenvalue weighted by atomic mass is 9.91. The van der Waals surface area contributed by atoms with Gasteiger partial charge < -0.3 is 28.4 Å². The van der Waals surface area contributed by atoms with Crippen LogP contribution in [0.15, 0.2) is 161 Å². The van der Waals surface area contributed by atoms with Gasteiger partial charge in [0.05, 0.1) is 45.0 Å². The number of aryl methyl sites for hydroxylation is 2. The summed E-state index contributed by atoms with van der Waals surface area (Å²) in [5, 5.41) is 19.3. The van der Waals surface area contributed by atoms with Crippen LogP contribution in [0.1, 0.15) is 128 Å². The molecule has 10 rings (SSSR count). The van der Waals surface area contributed by atoms with Crippen LogP contribution in [0.3, 0.4) is 0 Å². The first-order chi connectivity index (χ1) is 40.9. The van der Waals surface area contributed by atoms with E-state index >= 15 is 0 Å². The van der Waals surface area contributed by atoms with Crippen molar-refractivity contribution in [3.8, 4) is 32.6 Å². The summed E-state index contributed by atoms with van der Waals surface area (Å²) < 4.78 is 27.6. The number of amides is 2. The summed E-state index contributed by atoms with van der Waals surface area (Å²) in [6, 6.07) is 45.3. The molecule has 452 valence electrons. The molecule has 1 N–H and O–H groups in total. The van der Waals surface area contributed by atoms with Crippen LogP contribution in [0.5, 0.6) is 11.5 Å².